The van der Waals surface area contributed by atoms with Crippen LogP contribution >= 0.6 is 11.6 Å². The summed E-state index contributed by atoms with van der Waals surface area (Å²) in [5.74, 6) is 0.627. The number of carbonyl (C=O) groups excluding carboxylic acids is 1. The molecule has 0 saturated carbocycles. The third kappa shape index (κ3) is 4.20. The summed E-state index contributed by atoms with van der Waals surface area (Å²) < 4.78 is 13.0. The summed E-state index contributed by atoms with van der Waals surface area (Å²) in [6.07, 6.45) is 3.45. The lowest BCUT2D eigenvalue weighted by Gasteiger charge is -2.06. The minimum atomic E-state index is -0.960. The van der Waals surface area contributed by atoms with Crippen LogP contribution in [0.5, 0.6) is 0 Å². The number of benzene rings is 2. The van der Waals surface area contributed by atoms with Crippen molar-refractivity contribution < 1.29 is 9.00 Å². The van der Waals surface area contributed by atoms with Gasteiger partial charge < -0.3 is 5.32 Å². The number of hydrogen-bond acceptors (Lipinski definition) is 3. The first-order chi connectivity index (χ1) is 12.4. The molecule has 0 aliphatic heterocycles. The van der Waals surface area contributed by atoms with E-state index < -0.39 is 10.8 Å². The minimum Gasteiger partial charge on any atom is -0.305 e. The van der Waals surface area contributed by atoms with Gasteiger partial charge in [-0.1, -0.05) is 35.9 Å². The summed E-state index contributed by atoms with van der Waals surface area (Å²) in [5, 5.41) is 7.83. The van der Waals surface area contributed by atoms with Crippen molar-refractivity contribution in [3.8, 4) is 5.69 Å². The smallest absolute Gasteiger partial charge is 0.256 e. The summed E-state index contributed by atoms with van der Waals surface area (Å²) in [7, 11) is -0.960. The van der Waals surface area contributed by atoms with E-state index in [9.17, 15) is 9.00 Å². The van der Waals surface area contributed by atoms with Crippen LogP contribution in [-0.4, -0.2) is 26.2 Å². The Morgan fingerprint density at radius 2 is 2.00 bits per heavy atom. The number of carbonyl (C=O) groups is 1. The van der Waals surface area contributed by atoms with E-state index in [4.69, 9.17) is 11.6 Å². The molecule has 1 N–H and O–H groups in total. The number of nitrogens with one attached hydrogen (secondary N) is 1. The summed E-state index contributed by atoms with van der Waals surface area (Å²) in [5.41, 5.74) is 2.92. The van der Waals surface area contributed by atoms with Crippen molar-refractivity contribution in [1.82, 2.24) is 9.78 Å². The molecule has 0 aliphatic carbocycles. The second-order valence-electron chi connectivity index (χ2n) is 5.93. The first kappa shape index (κ1) is 18.4. The van der Waals surface area contributed by atoms with Crippen LogP contribution in [0.15, 0.2) is 54.7 Å². The summed E-state index contributed by atoms with van der Waals surface area (Å²) >= 11 is 6.21. The summed E-state index contributed by atoms with van der Waals surface area (Å²) in [4.78, 5) is 12.6. The molecule has 3 aromatic rings. The average molecular weight is 388 g/mol. The van der Waals surface area contributed by atoms with Crippen molar-refractivity contribution in [3.05, 3.63) is 76.4 Å². The Morgan fingerprint density at radius 1 is 1.23 bits per heavy atom. The quantitative estimate of drug-likeness (QED) is 0.720. The van der Waals surface area contributed by atoms with Gasteiger partial charge in [-0.25, -0.2) is 4.68 Å². The maximum atomic E-state index is 12.6. The molecule has 2 aromatic carbocycles. The van der Waals surface area contributed by atoms with Gasteiger partial charge in [-0.15, -0.1) is 5.10 Å². The molecule has 0 bridgehead atoms. The fourth-order valence-corrected chi connectivity index (χ4v) is 3.43. The highest BCUT2D eigenvalue weighted by Gasteiger charge is 2.13. The van der Waals surface area contributed by atoms with E-state index in [1.807, 2.05) is 37.4 Å². The number of aromatic nitrogens is 2. The Labute approximate surface area is 159 Å². The molecule has 1 aromatic heterocycles. The second kappa shape index (κ2) is 7.85. The molecule has 26 heavy (non-hydrogen) atoms. The van der Waals surface area contributed by atoms with Crippen LogP contribution in [-0.2, 0) is 16.6 Å². The van der Waals surface area contributed by atoms with Crippen LogP contribution in [0.3, 0.4) is 0 Å². The molecule has 0 radical (unpaired) electrons. The van der Waals surface area contributed by atoms with Crippen molar-refractivity contribution in [2.75, 3.05) is 11.6 Å². The molecule has 1 atom stereocenters. The summed E-state index contributed by atoms with van der Waals surface area (Å²) in [6, 6.07) is 14.5. The SMILES string of the molecule is Cc1cn(-c2ccccc2Cl)nc1NC(=O)c1cccc(C[S@](C)=O)c1. The van der Waals surface area contributed by atoms with Crippen molar-refractivity contribution in [2.45, 2.75) is 12.7 Å². The van der Waals surface area contributed by atoms with Gasteiger partial charge in [-0.2, -0.15) is 0 Å². The van der Waals surface area contributed by atoms with Crippen molar-refractivity contribution in [3.63, 3.8) is 0 Å². The van der Waals surface area contributed by atoms with Gasteiger partial charge in [0.05, 0.1) is 10.7 Å². The molecule has 5 nitrogen and oxygen atoms in total. The zero-order chi connectivity index (χ0) is 18.7. The van der Waals surface area contributed by atoms with Crippen LogP contribution in [0.2, 0.25) is 5.02 Å². The van der Waals surface area contributed by atoms with Gasteiger partial charge in [0.2, 0.25) is 0 Å². The molecule has 0 saturated heterocycles. The first-order valence-electron chi connectivity index (χ1n) is 7.95. The maximum Gasteiger partial charge on any atom is 0.256 e. The molecular weight excluding hydrogens is 370 g/mol. The van der Waals surface area contributed by atoms with Crippen molar-refractivity contribution in [1.29, 1.82) is 0 Å². The Bertz CT molecular complexity index is 984. The van der Waals surface area contributed by atoms with Gasteiger partial charge in [0.1, 0.15) is 0 Å². The minimum absolute atomic E-state index is 0.263. The van der Waals surface area contributed by atoms with Crippen molar-refractivity contribution >= 4 is 34.1 Å². The number of nitrogens with zero attached hydrogens (tertiary/aromatic N) is 2. The lowest BCUT2D eigenvalue weighted by molar-refractivity contribution is 0.102. The highest BCUT2D eigenvalue weighted by molar-refractivity contribution is 7.83. The third-order valence-electron chi connectivity index (χ3n) is 3.79. The highest BCUT2D eigenvalue weighted by atomic mass is 35.5. The van der Waals surface area contributed by atoms with Gasteiger partial charge in [0.25, 0.3) is 5.91 Å². The monoisotopic (exact) mass is 387 g/mol. The number of para-hydroxylation sites is 1. The number of aryl methyl sites for hydroxylation is 1. The molecule has 0 aliphatic rings. The number of halogens is 1. The molecule has 7 heteroatoms. The van der Waals surface area contributed by atoms with E-state index in [0.29, 0.717) is 22.2 Å². The number of hydrogen-bond donors (Lipinski definition) is 1. The Hall–Kier alpha value is -2.44. The first-order valence-corrected chi connectivity index (χ1v) is 10.1. The predicted molar refractivity (Wildman–Crippen MR) is 105 cm³/mol. The van der Waals surface area contributed by atoms with E-state index >= 15 is 0 Å². The van der Waals surface area contributed by atoms with Crippen LogP contribution < -0.4 is 5.32 Å². The Balaban J connectivity index is 1.82. The van der Waals surface area contributed by atoms with Crippen LogP contribution in [0, 0.1) is 6.92 Å². The van der Waals surface area contributed by atoms with Crippen LogP contribution in [0.25, 0.3) is 5.69 Å². The molecule has 0 fully saturated rings. The number of amides is 1. The lowest BCUT2D eigenvalue weighted by atomic mass is 10.1. The van der Waals surface area contributed by atoms with Gasteiger partial charge in [0.15, 0.2) is 5.82 Å². The van der Waals surface area contributed by atoms with Gasteiger partial charge in [0, 0.05) is 40.1 Å². The second-order valence-corrected chi connectivity index (χ2v) is 7.77. The molecule has 134 valence electrons. The fourth-order valence-electron chi connectivity index (χ4n) is 2.56. The van der Waals surface area contributed by atoms with Crippen LogP contribution in [0.1, 0.15) is 21.5 Å². The Kier molecular flexibility index (Phi) is 5.54. The van der Waals surface area contributed by atoms with E-state index in [-0.39, 0.29) is 5.91 Å². The van der Waals surface area contributed by atoms with E-state index in [0.717, 1.165) is 16.8 Å². The highest BCUT2D eigenvalue weighted by Crippen LogP contribution is 2.22. The van der Waals surface area contributed by atoms with E-state index in [2.05, 4.69) is 10.4 Å². The third-order valence-corrected chi connectivity index (χ3v) is 4.85. The maximum absolute atomic E-state index is 12.6. The molecular formula is C19H18ClN3O2S. The van der Waals surface area contributed by atoms with E-state index in [1.165, 1.54) is 0 Å². The zero-order valence-corrected chi connectivity index (χ0v) is 16.0. The molecule has 0 spiro atoms. The molecule has 1 amide bonds. The molecule has 0 unspecified atom stereocenters. The number of rotatable bonds is 5. The largest absolute Gasteiger partial charge is 0.305 e. The number of anilines is 1. The molecule has 3 rings (SSSR count). The lowest BCUT2D eigenvalue weighted by Crippen LogP contribution is -2.13. The van der Waals surface area contributed by atoms with Gasteiger partial charge in [-0.3, -0.25) is 9.00 Å². The van der Waals surface area contributed by atoms with Gasteiger partial charge in [-0.05, 0) is 36.8 Å². The van der Waals surface area contributed by atoms with Gasteiger partial charge >= 0.3 is 0 Å². The van der Waals surface area contributed by atoms with Crippen LogP contribution in [0.4, 0.5) is 5.82 Å². The average Bonchev–Trinajstić information content (AvgIpc) is 2.95. The summed E-state index contributed by atoms with van der Waals surface area (Å²) in [6.45, 7) is 1.87. The zero-order valence-electron chi connectivity index (χ0n) is 14.4. The van der Waals surface area contributed by atoms with E-state index in [1.54, 1.807) is 35.2 Å². The Morgan fingerprint density at radius 3 is 2.73 bits per heavy atom. The van der Waals surface area contributed by atoms with Crippen molar-refractivity contribution in [2.24, 2.45) is 0 Å². The standard InChI is InChI=1S/C19H18ClN3O2S/c1-13-11-23(17-9-4-3-8-16(17)20)22-18(13)21-19(24)15-7-5-6-14(10-15)12-26(2)25/h3-11H,12H2,1-2H3,(H,21,22,24)/t26-/m0/s1. The molecule has 1 heterocycles. The normalized spacial score (nSPS) is 12.0. The predicted octanol–water partition coefficient (Wildman–Crippen LogP) is 3.96. The topological polar surface area (TPSA) is 64.0 Å². The fraction of sp³-hybridized carbons (Fsp3) is 0.158.